The Morgan fingerprint density at radius 2 is 2.17 bits per heavy atom. The fraction of sp³-hybridized carbons (Fsp3) is 0.455. The lowest BCUT2D eigenvalue weighted by atomic mass is 9.93. The first kappa shape index (κ1) is 13.0. The van der Waals surface area contributed by atoms with E-state index in [1.807, 2.05) is 0 Å². The third-order valence-corrected chi connectivity index (χ3v) is 4.38. The van der Waals surface area contributed by atoms with E-state index in [-0.39, 0.29) is 13.1 Å². The van der Waals surface area contributed by atoms with E-state index < -0.39 is 27.8 Å². The van der Waals surface area contributed by atoms with Gasteiger partial charge in [-0.1, -0.05) is 6.07 Å². The Morgan fingerprint density at radius 3 is 2.67 bits per heavy atom. The lowest BCUT2D eigenvalue weighted by Crippen LogP contribution is -2.28. The smallest absolute Gasteiger partial charge is 0.308 e. The van der Waals surface area contributed by atoms with Gasteiger partial charge < -0.3 is 5.11 Å². The maximum absolute atomic E-state index is 11.5. The molecule has 0 aromatic carbocycles. The molecule has 0 amide bonds. The van der Waals surface area contributed by atoms with Gasteiger partial charge in [0.05, 0.1) is 12.2 Å². The lowest BCUT2D eigenvalue weighted by molar-refractivity contribution is -0.141. The normalized spacial score (nSPS) is 25.2. The molecule has 1 aliphatic heterocycles. The predicted molar refractivity (Wildman–Crippen MR) is 64.5 cm³/mol. The van der Waals surface area contributed by atoms with E-state index in [4.69, 9.17) is 0 Å². The highest BCUT2D eigenvalue weighted by atomic mass is 32.2. The van der Waals surface area contributed by atoms with E-state index in [9.17, 15) is 18.3 Å². The molecule has 7 heteroatoms. The second-order valence-corrected chi connectivity index (χ2v) is 6.37. The van der Waals surface area contributed by atoms with Gasteiger partial charge in [0.2, 0.25) is 10.0 Å². The number of pyridine rings is 1. The molecule has 1 aromatic heterocycles. The van der Waals surface area contributed by atoms with Gasteiger partial charge in [-0.15, -0.1) is 0 Å². The summed E-state index contributed by atoms with van der Waals surface area (Å²) >= 11 is 0. The van der Waals surface area contributed by atoms with Crippen LogP contribution in [0.5, 0.6) is 0 Å². The van der Waals surface area contributed by atoms with Gasteiger partial charge in [-0.05, 0) is 12.1 Å². The first-order valence-electron chi connectivity index (χ1n) is 5.48. The molecule has 0 radical (unpaired) electrons. The minimum absolute atomic E-state index is 0.00933. The van der Waals surface area contributed by atoms with Crippen molar-refractivity contribution >= 4 is 16.0 Å². The number of hydrogen-bond acceptors (Lipinski definition) is 4. The van der Waals surface area contributed by atoms with Crippen LogP contribution in [-0.4, -0.2) is 48.1 Å². The van der Waals surface area contributed by atoms with Crippen molar-refractivity contribution < 1.29 is 18.3 Å². The predicted octanol–water partition coefficient (Wildman–Crippen LogP) is 0.141. The molecule has 98 valence electrons. The van der Waals surface area contributed by atoms with E-state index in [0.29, 0.717) is 5.69 Å². The van der Waals surface area contributed by atoms with E-state index in [0.717, 1.165) is 6.26 Å². The van der Waals surface area contributed by atoms with Gasteiger partial charge >= 0.3 is 5.97 Å². The highest BCUT2D eigenvalue weighted by Gasteiger charge is 2.42. The number of carboxylic acid groups (broad SMARTS) is 1. The van der Waals surface area contributed by atoms with Gasteiger partial charge in [0.25, 0.3) is 0 Å². The van der Waals surface area contributed by atoms with Crippen LogP contribution in [0, 0.1) is 5.92 Å². The maximum Gasteiger partial charge on any atom is 0.308 e. The van der Waals surface area contributed by atoms with Gasteiger partial charge in [0, 0.05) is 30.9 Å². The van der Waals surface area contributed by atoms with Crippen LogP contribution in [0.25, 0.3) is 0 Å². The molecule has 1 N–H and O–H groups in total. The van der Waals surface area contributed by atoms with Crippen molar-refractivity contribution in [2.45, 2.75) is 5.92 Å². The van der Waals surface area contributed by atoms with Crippen LogP contribution in [0.15, 0.2) is 24.4 Å². The summed E-state index contributed by atoms with van der Waals surface area (Å²) in [4.78, 5) is 15.3. The second kappa shape index (κ2) is 4.66. The molecule has 1 aromatic rings. The van der Waals surface area contributed by atoms with Crippen molar-refractivity contribution in [3.8, 4) is 0 Å². The number of aromatic nitrogens is 1. The van der Waals surface area contributed by atoms with Gasteiger partial charge in [-0.2, -0.15) is 0 Å². The molecule has 2 heterocycles. The topological polar surface area (TPSA) is 87.6 Å². The van der Waals surface area contributed by atoms with Crippen LogP contribution >= 0.6 is 0 Å². The summed E-state index contributed by atoms with van der Waals surface area (Å²) in [6, 6.07) is 5.24. The van der Waals surface area contributed by atoms with Gasteiger partial charge in [0.15, 0.2) is 0 Å². The summed E-state index contributed by atoms with van der Waals surface area (Å²) in [7, 11) is -3.37. The molecule has 1 fully saturated rings. The molecule has 2 atom stereocenters. The third-order valence-electron chi connectivity index (χ3n) is 3.14. The van der Waals surface area contributed by atoms with Gasteiger partial charge in [-0.25, -0.2) is 12.7 Å². The number of carboxylic acids is 1. The van der Waals surface area contributed by atoms with Gasteiger partial charge in [0.1, 0.15) is 0 Å². The number of nitrogens with zero attached hydrogens (tertiary/aromatic N) is 2. The van der Waals surface area contributed by atoms with Crippen LogP contribution < -0.4 is 0 Å². The van der Waals surface area contributed by atoms with E-state index >= 15 is 0 Å². The zero-order valence-corrected chi connectivity index (χ0v) is 10.7. The summed E-state index contributed by atoms with van der Waals surface area (Å²) in [5, 5.41) is 9.18. The lowest BCUT2D eigenvalue weighted by Gasteiger charge is -2.13. The molecule has 0 aliphatic carbocycles. The second-order valence-electron chi connectivity index (χ2n) is 4.39. The Labute approximate surface area is 105 Å². The van der Waals surface area contributed by atoms with E-state index in [1.165, 1.54) is 4.31 Å². The molecule has 18 heavy (non-hydrogen) atoms. The first-order chi connectivity index (χ1) is 8.39. The number of hydrogen-bond donors (Lipinski definition) is 1. The first-order valence-corrected chi connectivity index (χ1v) is 7.33. The fourth-order valence-corrected chi connectivity index (χ4v) is 3.05. The zero-order valence-electron chi connectivity index (χ0n) is 9.85. The van der Waals surface area contributed by atoms with Crippen LogP contribution in [0.2, 0.25) is 0 Å². The van der Waals surface area contributed by atoms with Gasteiger partial charge in [-0.3, -0.25) is 9.78 Å². The van der Waals surface area contributed by atoms with Crippen molar-refractivity contribution in [3.63, 3.8) is 0 Å². The van der Waals surface area contributed by atoms with Crippen molar-refractivity contribution in [2.24, 2.45) is 5.92 Å². The monoisotopic (exact) mass is 270 g/mol. The SMILES string of the molecule is CS(=O)(=O)N1CC(C(=O)O)C(c2ccccn2)C1. The molecular formula is C11H14N2O4S. The summed E-state index contributed by atoms with van der Waals surface area (Å²) in [6.45, 7) is 0.183. The fourth-order valence-electron chi connectivity index (χ4n) is 2.18. The maximum atomic E-state index is 11.5. The zero-order chi connectivity index (χ0) is 13.3. The summed E-state index contributed by atoms with van der Waals surface area (Å²) in [5.41, 5.74) is 0.621. The minimum atomic E-state index is -3.37. The average Bonchev–Trinajstić information content (AvgIpc) is 2.74. The molecule has 0 spiro atoms. The molecule has 0 bridgehead atoms. The van der Waals surface area contributed by atoms with E-state index in [2.05, 4.69) is 4.98 Å². The highest BCUT2D eigenvalue weighted by Crippen LogP contribution is 2.32. The van der Waals surface area contributed by atoms with Crippen LogP contribution in [-0.2, 0) is 14.8 Å². The Morgan fingerprint density at radius 1 is 1.44 bits per heavy atom. The molecule has 1 saturated heterocycles. The largest absolute Gasteiger partial charge is 0.481 e. The number of sulfonamides is 1. The Hall–Kier alpha value is -1.47. The molecule has 0 saturated carbocycles. The summed E-state index contributed by atoms with van der Waals surface area (Å²) in [6.07, 6.45) is 2.67. The molecular weight excluding hydrogens is 256 g/mol. The molecule has 2 rings (SSSR count). The van der Waals surface area contributed by atoms with Crippen LogP contribution in [0.1, 0.15) is 11.6 Å². The molecule has 2 unspecified atom stereocenters. The number of aliphatic carboxylic acids is 1. The van der Waals surface area contributed by atoms with Crippen LogP contribution in [0.4, 0.5) is 0 Å². The van der Waals surface area contributed by atoms with Crippen molar-refractivity contribution in [1.82, 2.24) is 9.29 Å². The van der Waals surface area contributed by atoms with Crippen molar-refractivity contribution in [3.05, 3.63) is 30.1 Å². The van der Waals surface area contributed by atoms with Crippen LogP contribution in [0.3, 0.4) is 0 Å². The molecule has 1 aliphatic rings. The highest BCUT2D eigenvalue weighted by molar-refractivity contribution is 7.88. The summed E-state index contributed by atoms with van der Waals surface area (Å²) < 4.78 is 24.2. The van der Waals surface area contributed by atoms with Crippen molar-refractivity contribution in [1.29, 1.82) is 0 Å². The molecule has 6 nitrogen and oxygen atoms in total. The standard InChI is InChI=1S/C11H14N2O4S/c1-18(16,17)13-6-8(9(7-13)11(14)15)10-4-2-3-5-12-10/h2-5,8-9H,6-7H2,1H3,(H,14,15). The third kappa shape index (κ3) is 2.51. The minimum Gasteiger partial charge on any atom is -0.481 e. The number of rotatable bonds is 3. The number of carbonyl (C=O) groups is 1. The summed E-state index contributed by atoms with van der Waals surface area (Å²) in [5.74, 6) is -2.12. The average molecular weight is 270 g/mol. The Bertz CT molecular complexity index is 543. The van der Waals surface area contributed by atoms with Crippen molar-refractivity contribution in [2.75, 3.05) is 19.3 Å². The Balaban J connectivity index is 2.32. The van der Waals surface area contributed by atoms with E-state index in [1.54, 1.807) is 24.4 Å². The Kier molecular flexibility index (Phi) is 3.36. The quantitative estimate of drug-likeness (QED) is 0.844.